The van der Waals surface area contributed by atoms with Crippen molar-refractivity contribution in [2.24, 2.45) is 5.41 Å². The van der Waals surface area contributed by atoms with E-state index in [4.69, 9.17) is 4.74 Å². The second-order valence-electron chi connectivity index (χ2n) is 6.06. The lowest BCUT2D eigenvalue weighted by molar-refractivity contribution is -0.149. The maximum atomic E-state index is 12.1. The highest BCUT2D eigenvalue weighted by atomic mass is 16.5. The number of hydrogen-bond donors (Lipinski definition) is 2. The number of ether oxygens (including phenoxy) is 2. The van der Waals surface area contributed by atoms with Crippen LogP contribution in [0.1, 0.15) is 19.4 Å². The Labute approximate surface area is 146 Å². The second-order valence-corrected chi connectivity index (χ2v) is 6.06. The van der Waals surface area contributed by atoms with Crippen molar-refractivity contribution in [3.05, 3.63) is 48.0 Å². The largest absolute Gasteiger partial charge is 0.466 e. The van der Waals surface area contributed by atoms with Crippen LogP contribution in [0.3, 0.4) is 0 Å². The van der Waals surface area contributed by atoms with Crippen LogP contribution in [0.4, 0.5) is 0 Å². The number of hydrogen-bond acceptors (Lipinski definition) is 6. The van der Waals surface area contributed by atoms with Crippen LogP contribution in [-0.2, 0) is 30.4 Å². The molecular weight excluding hydrogens is 326 g/mol. The zero-order chi connectivity index (χ0) is 18.9. The summed E-state index contributed by atoms with van der Waals surface area (Å²) in [5.74, 6) is -2.01. The smallest absolute Gasteiger partial charge is 0.331 e. The fourth-order valence-corrected chi connectivity index (χ4v) is 1.82. The molecule has 1 atom stereocenters. The van der Waals surface area contributed by atoms with Gasteiger partial charge in [0.25, 0.3) is 0 Å². The first-order valence-electron chi connectivity index (χ1n) is 7.69. The van der Waals surface area contributed by atoms with Gasteiger partial charge >= 0.3 is 11.9 Å². The number of carbonyl (C=O) groups excluding carboxylic acids is 3. The molecule has 0 spiro atoms. The van der Waals surface area contributed by atoms with Crippen LogP contribution in [0.5, 0.6) is 0 Å². The molecule has 0 bridgehead atoms. The van der Waals surface area contributed by atoms with E-state index in [1.165, 1.54) is 7.11 Å². The van der Waals surface area contributed by atoms with Gasteiger partial charge in [0.1, 0.15) is 6.10 Å². The molecule has 0 unspecified atom stereocenters. The maximum absolute atomic E-state index is 12.1. The minimum absolute atomic E-state index is 0.197. The zero-order valence-corrected chi connectivity index (χ0v) is 14.5. The summed E-state index contributed by atoms with van der Waals surface area (Å²) in [6, 6.07) is 9.28. The number of methoxy groups -OCH3 is 1. The average Bonchev–Trinajstić information content (AvgIpc) is 2.62. The molecule has 1 amide bonds. The molecule has 0 heterocycles. The van der Waals surface area contributed by atoms with Crippen LogP contribution in [0.25, 0.3) is 0 Å². The Morgan fingerprint density at radius 2 is 1.76 bits per heavy atom. The average molecular weight is 349 g/mol. The number of aliphatic hydroxyl groups excluding tert-OH is 1. The fraction of sp³-hybridized carbons (Fsp3) is 0.389. The SMILES string of the molecule is COC(=O)/C=C/C(=O)OCC(C)(C)[C@@H](O)C(=O)NCc1ccccc1. The van der Waals surface area contributed by atoms with E-state index in [0.29, 0.717) is 0 Å². The Hall–Kier alpha value is -2.67. The first-order chi connectivity index (χ1) is 11.8. The number of benzene rings is 1. The number of aliphatic hydroxyl groups is 1. The maximum Gasteiger partial charge on any atom is 0.331 e. The van der Waals surface area contributed by atoms with Crippen LogP contribution < -0.4 is 5.32 Å². The quantitative estimate of drug-likeness (QED) is 0.535. The minimum Gasteiger partial charge on any atom is -0.466 e. The third-order valence-electron chi connectivity index (χ3n) is 3.44. The Bertz CT molecular complexity index is 624. The van der Waals surface area contributed by atoms with Gasteiger partial charge in [-0.1, -0.05) is 44.2 Å². The van der Waals surface area contributed by atoms with Crippen molar-refractivity contribution in [3.63, 3.8) is 0 Å². The standard InChI is InChI=1S/C18H23NO6/c1-18(2,12-25-15(21)10-9-14(20)24-3)16(22)17(23)19-11-13-7-5-4-6-8-13/h4-10,16,22H,11-12H2,1-3H3,(H,19,23)/b10-9+/t16-/m0/s1. The summed E-state index contributed by atoms with van der Waals surface area (Å²) < 4.78 is 9.31. The molecule has 7 heteroatoms. The first kappa shape index (κ1) is 20.4. The number of carbonyl (C=O) groups is 3. The summed E-state index contributed by atoms with van der Waals surface area (Å²) in [6.07, 6.45) is 0.482. The van der Waals surface area contributed by atoms with Gasteiger partial charge < -0.3 is 19.9 Å². The molecule has 2 N–H and O–H groups in total. The molecule has 0 radical (unpaired) electrons. The third kappa shape index (κ3) is 7.17. The molecule has 0 saturated carbocycles. The lowest BCUT2D eigenvalue weighted by Gasteiger charge is -2.28. The molecule has 136 valence electrons. The molecule has 0 aliphatic carbocycles. The van der Waals surface area contributed by atoms with Crippen molar-refractivity contribution >= 4 is 17.8 Å². The normalized spacial score (nSPS) is 12.5. The summed E-state index contributed by atoms with van der Waals surface area (Å²) in [4.78, 5) is 34.5. The van der Waals surface area contributed by atoms with Gasteiger partial charge in [-0.15, -0.1) is 0 Å². The molecule has 1 aromatic rings. The summed E-state index contributed by atoms with van der Waals surface area (Å²) in [6.45, 7) is 3.28. The van der Waals surface area contributed by atoms with Crippen LogP contribution in [0, 0.1) is 5.41 Å². The third-order valence-corrected chi connectivity index (χ3v) is 3.44. The van der Waals surface area contributed by atoms with Gasteiger partial charge in [0, 0.05) is 24.1 Å². The van der Waals surface area contributed by atoms with Crippen molar-refractivity contribution < 1.29 is 29.0 Å². The second kappa shape index (κ2) is 9.58. The number of amides is 1. The van der Waals surface area contributed by atoms with Gasteiger partial charge in [0.05, 0.1) is 13.7 Å². The molecule has 0 fully saturated rings. The van der Waals surface area contributed by atoms with Crippen LogP contribution in [0.15, 0.2) is 42.5 Å². The van der Waals surface area contributed by atoms with Crippen molar-refractivity contribution in [2.45, 2.75) is 26.5 Å². The van der Waals surface area contributed by atoms with Crippen LogP contribution in [0.2, 0.25) is 0 Å². The molecule has 0 aliphatic rings. The van der Waals surface area contributed by atoms with E-state index in [1.54, 1.807) is 13.8 Å². The lowest BCUT2D eigenvalue weighted by atomic mass is 9.87. The predicted octanol–water partition coefficient (Wildman–Crippen LogP) is 0.962. The monoisotopic (exact) mass is 349 g/mol. The summed E-state index contributed by atoms with van der Waals surface area (Å²) >= 11 is 0. The van der Waals surface area contributed by atoms with Gasteiger partial charge in [-0.25, -0.2) is 9.59 Å². The topological polar surface area (TPSA) is 102 Å². The van der Waals surface area contributed by atoms with Gasteiger partial charge in [0.15, 0.2) is 0 Å². The molecule has 1 rings (SSSR count). The molecule has 0 aliphatic heterocycles. The summed E-state index contributed by atoms with van der Waals surface area (Å²) in [5.41, 5.74) is -0.101. The lowest BCUT2D eigenvalue weighted by Crippen LogP contribution is -2.46. The van der Waals surface area contributed by atoms with Crippen molar-refractivity contribution in [1.82, 2.24) is 5.32 Å². The molecule has 25 heavy (non-hydrogen) atoms. The van der Waals surface area contributed by atoms with Gasteiger partial charge in [0.2, 0.25) is 5.91 Å². The van der Waals surface area contributed by atoms with Crippen LogP contribution >= 0.6 is 0 Å². The molecule has 1 aromatic carbocycles. The molecule has 0 saturated heterocycles. The molecular formula is C18H23NO6. The fourth-order valence-electron chi connectivity index (χ4n) is 1.82. The Morgan fingerprint density at radius 1 is 1.16 bits per heavy atom. The van der Waals surface area contributed by atoms with E-state index in [1.807, 2.05) is 30.3 Å². The Morgan fingerprint density at radius 3 is 2.36 bits per heavy atom. The van der Waals surface area contributed by atoms with Gasteiger partial charge in [-0.2, -0.15) is 0 Å². The highest BCUT2D eigenvalue weighted by Crippen LogP contribution is 2.21. The van der Waals surface area contributed by atoms with Gasteiger partial charge in [-0.05, 0) is 5.56 Å². The van der Waals surface area contributed by atoms with E-state index in [-0.39, 0.29) is 13.2 Å². The highest BCUT2D eigenvalue weighted by Gasteiger charge is 2.34. The summed E-state index contributed by atoms with van der Waals surface area (Å²) in [7, 11) is 1.19. The highest BCUT2D eigenvalue weighted by molar-refractivity contribution is 5.91. The van der Waals surface area contributed by atoms with E-state index < -0.39 is 29.4 Å². The minimum atomic E-state index is -1.37. The van der Waals surface area contributed by atoms with E-state index >= 15 is 0 Å². The Balaban J connectivity index is 2.49. The Kier molecular flexibility index (Phi) is 7.81. The van der Waals surface area contributed by atoms with Crippen molar-refractivity contribution in [1.29, 1.82) is 0 Å². The van der Waals surface area contributed by atoms with Crippen molar-refractivity contribution in [2.75, 3.05) is 13.7 Å². The van der Waals surface area contributed by atoms with Crippen molar-refractivity contribution in [3.8, 4) is 0 Å². The molecule has 7 nitrogen and oxygen atoms in total. The zero-order valence-electron chi connectivity index (χ0n) is 14.5. The van der Waals surface area contributed by atoms with Crippen LogP contribution in [-0.4, -0.2) is 42.8 Å². The number of esters is 2. The van der Waals surface area contributed by atoms with E-state index in [0.717, 1.165) is 17.7 Å². The predicted molar refractivity (Wildman–Crippen MR) is 90.2 cm³/mol. The van der Waals surface area contributed by atoms with Gasteiger partial charge in [-0.3, -0.25) is 4.79 Å². The van der Waals surface area contributed by atoms with E-state index in [2.05, 4.69) is 10.1 Å². The summed E-state index contributed by atoms with van der Waals surface area (Å²) in [5, 5.41) is 12.8. The first-order valence-corrected chi connectivity index (χ1v) is 7.69. The molecule has 0 aromatic heterocycles. The number of nitrogens with one attached hydrogen (secondary N) is 1. The number of rotatable bonds is 8. The van der Waals surface area contributed by atoms with E-state index in [9.17, 15) is 19.5 Å².